The second-order valence-electron chi connectivity index (χ2n) is 6.88. The first-order valence-corrected chi connectivity index (χ1v) is 9.89. The van der Waals surface area contributed by atoms with Crippen LogP contribution in [0.3, 0.4) is 0 Å². The molecular formula is C19H21ClN2OS2. The molecular weight excluding hydrogens is 372 g/mol. The van der Waals surface area contributed by atoms with E-state index < -0.39 is 0 Å². The lowest BCUT2D eigenvalue weighted by Crippen LogP contribution is -2.45. The van der Waals surface area contributed by atoms with Gasteiger partial charge in [-0.2, -0.15) is 0 Å². The number of thiocarbonyl (C=S) groups is 1. The summed E-state index contributed by atoms with van der Waals surface area (Å²) in [5.41, 5.74) is 4.33. The Kier molecular flexibility index (Phi) is 5.02. The zero-order valence-electron chi connectivity index (χ0n) is 14.8. The Morgan fingerprint density at radius 2 is 2.12 bits per heavy atom. The van der Waals surface area contributed by atoms with E-state index in [2.05, 4.69) is 50.1 Å². The molecule has 0 saturated carbocycles. The number of hydrogen-bond acceptors (Lipinski definition) is 4. The zero-order chi connectivity index (χ0) is 18.4. The van der Waals surface area contributed by atoms with Crippen LogP contribution in [0.15, 0.2) is 23.1 Å². The quantitative estimate of drug-likeness (QED) is 0.563. The van der Waals surface area contributed by atoms with Crippen LogP contribution in [0.4, 0.5) is 5.69 Å². The third-order valence-electron chi connectivity index (χ3n) is 4.47. The molecule has 1 aromatic rings. The molecule has 2 heterocycles. The monoisotopic (exact) mass is 392 g/mol. The zero-order valence-corrected chi connectivity index (χ0v) is 17.2. The normalized spacial score (nSPS) is 20.6. The number of fused-ring (bicyclic) bond motifs is 1. The van der Waals surface area contributed by atoms with Gasteiger partial charge in [0.2, 0.25) is 0 Å². The Morgan fingerprint density at radius 3 is 2.72 bits per heavy atom. The van der Waals surface area contributed by atoms with Crippen molar-refractivity contribution in [3.8, 4) is 0 Å². The average molecular weight is 393 g/mol. The van der Waals surface area contributed by atoms with E-state index in [1.54, 1.807) is 0 Å². The van der Waals surface area contributed by atoms with Crippen molar-refractivity contribution in [2.45, 2.75) is 39.7 Å². The van der Waals surface area contributed by atoms with Gasteiger partial charge >= 0.3 is 0 Å². The smallest absolute Gasteiger partial charge is 0.263 e. The van der Waals surface area contributed by atoms with Crippen molar-refractivity contribution in [1.29, 1.82) is 0 Å². The maximum absolute atomic E-state index is 11.9. The highest BCUT2D eigenvalue weighted by atomic mass is 35.5. The average Bonchev–Trinajstić information content (AvgIpc) is 2.82. The molecule has 3 rings (SSSR count). The highest BCUT2D eigenvalue weighted by Crippen LogP contribution is 2.42. The molecule has 0 aliphatic carbocycles. The number of nitrogens with zero attached hydrogens (tertiary/aromatic N) is 1. The molecule has 0 aromatic heterocycles. The number of halogens is 1. The minimum absolute atomic E-state index is 0.0518. The van der Waals surface area contributed by atoms with Crippen molar-refractivity contribution in [2.75, 3.05) is 11.4 Å². The van der Waals surface area contributed by atoms with E-state index in [0.29, 0.717) is 14.2 Å². The van der Waals surface area contributed by atoms with Crippen LogP contribution in [-0.4, -0.2) is 22.3 Å². The lowest BCUT2D eigenvalue weighted by Gasteiger charge is -2.43. The summed E-state index contributed by atoms with van der Waals surface area (Å²) in [6.07, 6.45) is 5.18. The summed E-state index contributed by atoms with van der Waals surface area (Å²) >= 11 is 12.9. The van der Waals surface area contributed by atoms with E-state index in [-0.39, 0.29) is 11.4 Å². The van der Waals surface area contributed by atoms with Gasteiger partial charge in [0.1, 0.15) is 4.32 Å². The third-order valence-corrected chi connectivity index (χ3v) is 5.96. The summed E-state index contributed by atoms with van der Waals surface area (Å²) in [4.78, 5) is 14.9. The van der Waals surface area contributed by atoms with Crippen LogP contribution in [0.1, 0.15) is 45.2 Å². The van der Waals surface area contributed by atoms with E-state index in [1.165, 1.54) is 17.3 Å². The Balaban J connectivity index is 2.10. The van der Waals surface area contributed by atoms with Gasteiger partial charge in [0.25, 0.3) is 5.91 Å². The minimum atomic E-state index is -0.162. The largest absolute Gasteiger partial charge is 0.362 e. The highest BCUT2D eigenvalue weighted by molar-refractivity contribution is 8.26. The van der Waals surface area contributed by atoms with Crippen LogP contribution >= 0.6 is 35.6 Å². The number of amides is 1. The number of rotatable bonds is 3. The number of allylic oxidation sites excluding steroid dienone is 1. The van der Waals surface area contributed by atoms with Gasteiger partial charge in [-0.25, -0.2) is 0 Å². The van der Waals surface area contributed by atoms with Crippen molar-refractivity contribution >= 4 is 63.1 Å². The molecule has 1 N–H and O–H groups in total. The molecule has 3 nitrogen and oxygen atoms in total. The van der Waals surface area contributed by atoms with Gasteiger partial charge in [0.05, 0.1) is 10.4 Å². The minimum Gasteiger partial charge on any atom is -0.362 e. The van der Waals surface area contributed by atoms with Gasteiger partial charge in [-0.15, -0.1) is 0 Å². The Hall–Kier alpha value is -1.30. The fraction of sp³-hybridized carbons (Fsp3) is 0.368. The lowest BCUT2D eigenvalue weighted by molar-refractivity contribution is -0.115. The molecule has 1 aromatic carbocycles. The molecule has 0 spiro atoms. The van der Waals surface area contributed by atoms with Gasteiger partial charge in [0, 0.05) is 22.8 Å². The fourth-order valence-corrected chi connectivity index (χ4v) is 4.67. The van der Waals surface area contributed by atoms with Crippen LogP contribution in [0.5, 0.6) is 0 Å². The van der Waals surface area contributed by atoms with E-state index >= 15 is 0 Å². The molecule has 2 aliphatic rings. The molecule has 0 radical (unpaired) electrons. The molecule has 0 atom stereocenters. The Labute approximate surface area is 163 Å². The lowest BCUT2D eigenvalue weighted by atomic mass is 9.87. The second-order valence-corrected chi connectivity index (χ2v) is 9.00. The van der Waals surface area contributed by atoms with Crippen molar-refractivity contribution in [3.05, 3.63) is 39.3 Å². The third kappa shape index (κ3) is 3.50. The van der Waals surface area contributed by atoms with Crippen molar-refractivity contribution in [1.82, 2.24) is 5.32 Å². The molecule has 132 valence electrons. The van der Waals surface area contributed by atoms with Gasteiger partial charge in [-0.3, -0.25) is 4.79 Å². The SMILES string of the molecule is CCCN1c2cc(Cl)c(/C=C3\SC(=S)NC3=O)cc2C(C)=CC1(C)C. The number of carbonyl (C=O) groups excluding carboxylic acids is 1. The summed E-state index contributed by atoms with van der Waals surface area (Å²) in [6.45, 7) is 9.72. The summed E-state index contributed by atoms with van der Waals surface area (Å²) in [7, 11) is 0. The van der Waals surface area contributed by atoms with Crippen molar-refractivity contribution in [2.24, 2.45) is 0 Å². The predicted molar refractivity (Wildman–Crippen MR) is 113 cm³/mol. The Bertz CT molecular complexity index is 827. The number of hydrogen-bond donors (Lipinski definition) is 1. The van der Waals surface area contributed by atoms with Crippen LogP contribution < -0.4 is 10.2 Å². The maximum atomic E-state index is 11.9. The molecule has 1 fully saturated rings. The second kappa shape index (κ2) is 6.78. The van der Waals surface area contributed by atoms with Crippen molar-refractivity contribution in [3.63, 3.8) is 0 Å². The van der Waals surface area contributed by atoms with Gasteiger partial charge < -0.3 is 10.2 Å². The predicted octanol–water partition coefficient (Wildman–Crippen LogP) is 5.24. The summed E-state index contributed by atoms with van der Waals surface area (Å²) in [5, 5.41) is 3.28. The van der Waals surface area contributed by atoms with Crippen LogP contribution in [-0.2, 0) is 4.79 Å². The summed E-state index contributed by atoms with van der Waals surface area (Å²) in [6, 6.07) is 4.09. The molecule has 25 heavy (non-hydrogen) atoms. The van der Waals surface area contributed by atoms with Crippen LogP contribution in [0.2, 0.25) is 5.02 Å². The highest BCUT2D eigenvalue weighted by Gasteiger charge is 2.31. The number of carbonyl (C=O) groups is 1. The first kappa shape index (κ1) is 18.5. The summed E-state index contributed by atoms with van der Waals surface area (Å²) in [5.74, 6) is -0.162. The first-order valence-electron chi connectivity index (χ1n) is 8.29. The number of anilines is 1. The molecule has 0 unspecified atom stereocenters. The van der Waals surface area contributed by atoms with Crippen molar-refractivity contribution < 1.29 is 4.79 Å². The Morgan fingerprint density at radius 1 is 1.40 bits per heavy atom. The topological polar surface area (TPSA) is 32.3 Å². The molecule has 1 amide bonds. The maximum Gasteiger partial charge on any atom is 0.263 e. The van der Waals surface area contributed by atoms with Crippen LogP contribution in [0, 0.1) is 0 Å². The molecule has 6 heteroatoms. The molecule has 2 aliphatic heterocycles. The summed E-state index contributed by atoms with van der Waals surface area (Å²) < 4.78 is 0.484. The van der Waals surface area contributed by atoms with E-state index in [9.17, 15) is 4.79 Å². The van der Waals surface area contributed by atoms with E-state index in [4.69, 9.17) is 23.8 Å². The number of thioether (sulfide) groups is 1. The first-order chi connectivity index (χ1) is 11.7. The van der Waals surface area contributed by atoms with Gasteiger partial charge in [0.15, 0.2) is 0 Å². The van der Waals surface area contributed by atoms with E-state index in [0.717, 1.165) is 29.8 Å². The van der Waals surface area contributed by atoms with Gasteiger partial charge in [-0.1, -0.05) is 48.6 Å². The standard InChI is InChI=1S/C19H21ClN2OS2/c1-5-6-22-15-9-14(20)12(8-16-17(23)21-18(24)25-16)7-13(15)11(2)10-19(22,3)4/h7-10H,5-6H2,1-4H3,(H,21,23,24)/b16-8-. The number of nitrogens with one attached hydrogen (secondary N) is 1. The number of benzene rings is 1. The van der Waals surface area contributed by atoms with E-state index in [1.807, 2.05) is 12.1 Å². The molecule has 1 saturated heterocycles. The molecule has 0 bridgehead atoms. The van der Waals surface area contributed by atoms with Gasteiger partial charge in [-0.05, 0) is 56.5 Å². The fourth-order valence-electron chi connectivity index (χ4n) is 3.42. The van der Waals surface area contributed by atoms with Crippen LogP contribution in [0.25, 0.3) is 11.6 Å².